The zero-order valence-electron chi connectivity index (χ0n) is 4.05. The molecule has 0 aromatic heterocycles. The van der Waals surface area contributed by atoms with Crippen LogP contribution >= 0.6 is 0 Å². The molecule has 0 fully saturated rings. The van der Waals surface area contributed by atoms with Crippen molar-refractivity contribution in [1.82, 2.24) is 0 Å². The maximum atomic E-state index is 8.62. The standard InChI is InChI=1S/6O.Sr.2Ta/q;;;;2*-1;+2;;. The van der Waals surface area contributed by atoms with E-state index in [4.69, 9.17) is 20.2 Å². The van der Waals surface area contributed by atoms with Gasteiger partial charge in [0.05, 0.1) is 0 Å². The Labute approximate surface area is 101 Å². The van der Waals surface area contributed by atoms with Crippen LogP contribution in [0.2, 0.25) is 0 Å². The van der Waals surface area contributed by atoms with Crippen molar-refractivity contribution in [3.05, 3.63) is 0 Å². The predicted molar refractivity (Wildman–Crippen MR) is 8.50 cm³/mol. The quantitative estimate of drug-likeness (QED) is 0.296. The normalized spacial score (nSPS) is 5.56. The van der Waals surface area contributed by atoms with Gasteiger partial charge in [-0.15, -0.1) is 0 Å². The molecule has 0 atom stereocenters. The summed E-state index contributed by atoms with van der Waals surface area (Å²) < 4.78 is 51.7. The van der Waals surface area contributed by atoms with Crippen LogP contribution in [0.4, 0.5) is 0 Å². The molecule has 9 heavy (non-hydrogen) atoms. The minimum Gasteiger partial charge on any atom is 2.00 e. The minimum atomic E-state index is -4.34. The fraction of sp³-hybridized carbons (Fsp3) is 0. The van der Waals surface area contributed by atoms with Gasteiger partial charge in [0, 0.05) is 0 Å². The smallest absolute Gasteiger partial charge is 2.00 e. The fourth-order valence-electron chi connectivity index (χ4n) is 0. The Bertz CT molecular complexity index is 128. The average Bonchev–Trinajstić information content (AvgIpc) is 1.25. The minimum absolute atomic E-state index is 0. The van der Waals surface area contributed by atoms with E-state index in [0.29, 0.717) is 0 Å². The van der Waals surface area contributed by atoms with E-state index < -0.39 is 37.6 Å². The first-order chi connectivity index (χ1) is 3.46. The SMILES string of the molecule is [O]=[Ta](=[O])[O-].[O]=[Ta](=[O])[O-].[Sr+2]. The van der Waals surface area contributed by atoms with Crippen molar-refractivity contribution in [3.8, 4) is 0 Å². The van der Waals surface area contributed by atoms with Crippen molar-refractivity contribution in [2.75, 3.05) is 0 Å². The Hall–Kier alpha value is 2.08. The largest absolute Gasteiger partial charge is 2.00 e. The molecule has 0 aromatic carbocycles. The van der Waals surface area contributed by atoms with Crippen LogP contribution in [0.1, 0.15) is 0 Å². The molecule has 0 aliphatic rings. The van der Waals surface area contributed by atoms with Gasteiger partial charge in [-0.3, -0.25) is 0 Å². The molecule has 0 spiro atoms. The van der Waals surface area contributed by atoms with Gasteiger partial charge in [0.15, 0.2) is 0 Å². The van der Waals surface area contributed by atoms with Gasteiger partial charge in [-0.25, -0.2) is 0 Å². The molecular formula is O6SrTa2. The molecule has 0 saturated carbocycles. The third kappa shape index (κ3) is 152. The second-order valence-corrected chi connectivity index (χ2v) is 3.66. The molecule has 0 N–H and O–H groups in total. The first kappa shape index (κ1) is 17.2. The zero-order chi connectivity index (χ0) is 7.15. The summed E-state index contributed by atoms with van der Waals surface area (Å²) in [5, 5.41) is 0. The Morgan fingerprint density at radius 1 is 0.778 bits per heavy atom. The molecule has 0 aliphatic heterocycles. The van der Waals surface area contributed by atoms with Crippen LogP contribution in [0.3, 0.4) is 0 Å². The molecular weight excluding hydrogens is 546 g/mol. The van der Waals surface area contributed by atoms with E-state index in [1.807, 2.05) is 0 Å². The van der Waals surface area contributed by atoms with Crippen molar-refractivity contribution >= 4 is 45.5 Å². The fourth-order valence-corrected chi connectivity index (χ4v) is 0. The summed E-state index contributed by atoms with van der Waals surface area (Å²) in [6.45, 7) is 0. The molecule has 0 unspecified atom stereocenters. The first-order valence-electron chi connectivity index (χ1n) is 1.10. The Balaban J connectivity index is -0.0000000720. The summed E-state index contributed by atoms with van der Waals surface area (Å²) in [4.78, 5) is 0. The van der Waals surface area contributed by atoms with Crippen molar-refractivity contribution in [3.63, 3.8) is 0 Å². The second kappa shape index (κ2) is 12.7. The molecule has 0 heterocycles. The van der Waals surface area contributed by atoms with Crippen LogP contribution in [0.5, 0.6) is 0 Å². The van der Waals surface area contributed by atoms with Gasteiger partial charge < -0.3 is 0 Å². The van der Waals surface area contributed by atoms with E-state index in [-0.39, 0.29) is 45.5 Å². The predicted octanol–water partition coefficient (Wildman–Crippen LogP) is -3.24. The summed E-state index contributed by atoms with van der Waals surface area (Å²) in [6.07, 6.45) is 0. The van der Waals surface area contributed by atoms with Gasteiger partial charge in [0.1, 0.15) is 0 Å². The van der Waals surface area contributed by atoms with Crippen molar-refractivity contribution in [1.29, 1.82) is 0 Å². The summed E-state index contributed by atoms with van der Waals surface area (Å²) in [5.74, 6) is 0. The molecule has 48 valence electrons. The van der Waals surface area contributed by atoms with Gasteiger partial charge in [-0.1, -0.05) is 0 Å². The van der Waals surface area contributed by atoms with E-state index in [0.717, 1.165) is 0 Å². The molecule has 0 aromatic rings. The van der Waals surface area contributed by atoms with E-state index in [1.54, 1.807) is 0 Å². The van der Waals surface area contributed by atoms with Gasteiger partial charge in [-0.05, 0) is 0 Å². The monoisotopic (exact) mass is 546 g/mol. The number of rotatable bonds is 0. The number of hydrogen-bond acceptors (Lipinski definition) is 6. The Morgan fingerprint density at radius 3 is 0.778 bits per heavy atom. The van der Waals surface area contributed by atoms with E-state index in [1.165, 1.54) is 0 Å². The summed E-state index contributed by atoms with van der Waals surface area (Å²) in [7, 11) is 0. The van der Waals surface area contributed by atoms with Crippen LogP contribution in [-0.4, -0.2) is 45.5 Å². The first-order valence-corrected chi connectivity index (χ1v) is 8.97. The topological polar surface area (TPSA) is 114 Å². The molecule has 0 radical (unpaired) electrons. The molecule has 0 aliphatic carbocycles. The molecule has 9 heteroatoms. The van der Waals surface area contributed by atoms with Crippen molar-refractivity contribution in [2.24, 2.45) is 0 Å². The van der Waals surface area contributed by atoms with Crippen LogP contribution in [0.25, 0.3) is 0 Å². The van der Waals surface area contributed by atoms with E-state index in [9.17, 15) is 0 Å². The van der Waals surface area contributed by atoms with Crippen LogP contribution in [-0.2, 0) is 50.6 Å². The average molecular weight is 546 g/mol. The van der Waals surface area contributed by atoms with Crippen molar-refractivity contribution in [2.45, 2.75) is 0 Å². The second-order valence-electron chi connectivity index (χ2n) is 0.447. The molecule has 0 saturated heterocycles. The molecule has 0 rings (SSSR count). The molecule has 0 bridgehead atoms. The maximum Gasteiger partial charge on any atom is 2.00 e. The van der Waals surface area contributed by atoms with Crippen LogP contribution in [0, 0.1) is 0 Å². The zero-order valence-corrected chi connectivity index (χ0v) is 14.0. The Kier molecular flexibility index (Phi) is 24.4. The molecule has 6 nitrogen and oxygen atoms in total. The van der Waals surface area contributed by atoms with E-state index >= 15 is 0 Å². The van der Waals surface area contributed by atoms with Crippen LogP contribution in [0.15, 0.2) is 0 Å². The van der Waals surface area contributed by atoms with Crippen LogP contribution < -0.4 is 7.23 Å². The van der Waals surface area contributed by atoms with Gasteiger partial charge in [0.25, 0.3) is 0 Å². The summed E-state index contributed by atoms with van der Waals surface area (Å²) >= 11 is -8.69. The Morgan fingerprint density at radius 2 is 0.778 bits per heavy atom. The summed E-state index contributed by atoms with van der Waals surface area (Å²) in [6, 6.07) is 0. The van der Waals surface area contributed by atoms with Gasteiger partial charge in [0.2, 0.25) is 0 Å². The third-order valence-corrected chi connectivity index (χ3v) is 0. The maximum absolute atomic E-state index is 8.62. The number of hydrogen-bond donors (Lipinski definition) is 0. The van der Waals surface area contributed by atoms with Crippen molar-refractivity contribution < 1.29 is 57.8 Å². The van der Waals surface area contributed by atoms with Gasteiger partial charge >= 0.3 is 103 Å². The third-order valence-electron chi connectivity index (χ3n) is 0. The summed E-state index contributed by atoms with van der Waals surface area (Å²) in [5.41, 5.74) is 0. The van der Waals surface area contributed by atoms with Gasteiger partial charge in [-0.2, -0.15) is 0 Å². The van der Waals surface area contributed by atoms with E-state index in [2.05, 4.69) is 0 Å². The molecule has 0 amide bonds.